The van der Waals surface area contributed by atoms with Crippen molar-refractivity contribution in [3.05, 3.63) is 40.0 Å². The molecule has 0 fully saturated rings. The molecule has 17 heavy (non-hydrogen) atoms. The number of nitrogens with zero attached hydrogens (tertiary/aromatic N) is 2. The molecular weight excluding hydrogens is 259 g/mol. The number of hydrogen-bond donors (Lipinski definition) is 2. The van der Waals surface area contributed by atoms with E-state index < -0.39 is 0 Å². The van der Waals surface area contributed by atoms with Crippen molar-refractivity contribution in [3.8, 4) is 0 Å². The SMILES string of the molecule is Cc1cc(Nc2cccc(Cl)c2Cl)nc(N)n1. The first-order valence-electron chi connectivity index (χ1n) is 4.88. The van der Waals surface area contributed by atoms with Crippen LogP contribution in [0.25, 0.3) is 0 Å². The van der Waals surface area contributed by atoms with Crippen LogP contribution in [0.5, 0.6) is 0 Å². The molecule has 0 spiro atoms. The van der Waals surface area contributed by atoms with Gasteiger partial charge >= 0.3 is 0 Å². The first kappa shape index (κ1) is 12.0. The molecule has 0 aliphatic heterocycles. The predicted molar refractivity (Wildman–Crippen MR) is 70.9 cm³/mol. The van der Waals surface area contributed by atoms with Crippen molar-refractivity contribution in [3.63, 3.8) is 0 Å². The van der Waals surface area contributed by atoms with Gasteiger partial charge in [0.2, 0.25) is 5.95 Å². The monoisotopic (exact) mass is 268 g/mol. The van der Waals surface area contributed by atoms with Gasteiger partial charge in [-0.3, -0.25) is 0 Å². The van der Waals surface area contributed by atoms with E-state index in [2.05, 4.69) is 15.3 Å². The number of anilines is 3. The van der Waals surface area contributed by atoms with Crippen LogP contribution < -0.4 is 11.1 Å². The van der Waals surface area contributed by atoms with Gasteiger partial charge in [0.25, 0.3) is 0 Å². The van der Waals surface area contributed by atoms with Gasteiger partial charge in [0.15, 0.2) is 0 Å². The van der Waals surface area contributed by atoms with Crippen LogP contribution in [-0.4, -0.2) is 9.97 Å². The molecule has 0 radical (unpaired) electrons. The lowest BCUT2D eigenvalue weighted by Gasteiger charge is -2.09. The minimum absolute atomic E-state index is 0.214. The molecule has 0 bridgehead atoms. The fourth-order valence-corrected chi connectivity index (χ4v) is 1.74. The molecule has 2 rings (SSSR count). The van der Waals surface area contributed by atoms with Gasteiger partial charge in [0.1, 0.15) is 5.82 Å². The van der Waals surface area contributed by atoms with Crippen molar-refractivity contribution in [1.82, 2.24) is 9.97 Å². The largest absolute Gasteiger partial charge is 0.368 e. The lowest BCUT2D eigenvalue weighted by molar-refractivity contribution is 1.12. The third kappa shape index (κ3) is 2.78. The molecule has 2 aromatic rings. The maximum atomic E-state index is 6.05. The molecule has 0 aliphatic rings. The molecular formula is C11H10Cl2N4. The zero-order valence-electron chi connectivity index (χ0n) is 9.04. The Labute approximate surface area is 109 Å². The van der Waals surface area contributed by atoms with Crippen LogP contribution in [0.3, 0.4) is 0 Å². The highest BCUT2D eigenvalue weighted by molar-refractivity contribution is 6.43. The number of hydrogen-bond acceptors (Lipinski definition) is 4. The third-order valence-electron chi connectivity index (χ3n) is 2.09. The highest BCUT2D eigenvalue weighted by atomic mass is 35.5. The summed E-state index contributed by atoms with van der Waals surface area (Å²) in [5.41, 5.74) is 7.01. The zero-order chi connectivity index (χ0) is 12.4. The first-order valence-corrected chi connectivity index (χ1v) is 5.64. The van der Waals surface area contributed by atoms with E-state index in [1.807, 2.05) is 13.0 Å². The summed E-state index contributed by atoms with van der Waals surface area (Å²) in [5.74, 6) is 0.796. The lowest BCUT2D eigenvalue weighted by Crippen LogP contribution is -2.01. The van der Waals surface area contributed by atoms with E-state index in [0.29, 0.717) is 21.6 Å². The van der Waals surface area contributed by atoms with Crippen molar-refractivity contribution in [2.45, 2.75) is 6.92 Å². The van der Waals surface area contributed by atoms with Crippen molar-refractivity contribution in [2.75, 3.05) is 11.1 Å². The number of aromatic nitrogens is 2. The molecule has 0 amide bonds. The molecule has 1 aromatic heterocycles. The summed E-state index contributed by atoms with van der Waals surface area (Å²) in [5, 5.41) is 3.98. The standard InChI is InChI=1S/C11H10Cl2N4/c1-6-5-9(17-11(14)15-6)16-8-4-2-3-7(12)10(8)13/h2-5H,1H3,(H3,14,15,16,17). The van der Waals surface area contributed by atoms with Gasteiger partial charge in [0, 0.05) is 11.8 Å². The van der Waals surface area contributed by atoms with E-state index in [1.165, 1.54) is 0 Å². The summed E-state index contributed by atoms with van der Waals surface area (Å²) in [6, 6.07) is 7.10. The normalized spacial score (nSPS) is 10.3. The van der Waals surface area contributed by atoms with E-state index in [9.17, 15) is 0 Å². The van der Waals surface area contributed by atoms with Gasteiger partial charge in [-0.1, -0.05) is 29.3 Å². The second kappa shape index (κ2) is 4.77. The molecule has 3 N–H and O–H groups in total. The van der Waals surface area contributed by atoms with Crippen molar-refractivity contribution in [2.24, 2.45) is 0 Å². The Hall–Kier alpha value is -1.52. The van der Waals surface area contributed by atoms with E-state index >= 15 is 0 Å². The Morgan fingerprint density at radius 3 is 2.71 bits per heavy atom. The summed E-state index contributed by atoms with van der Waals surface area (Å²) in [6.45, 7) is 1.84. The number of halogens is 2. The molecule has 0 unspecified atom stereocenters. The summed E-state index contributed by atoms with van der Waals surface area (Å²) in [7, 11) is 0. The maximum Gasteiger partial charge on any atom is 0.222 e. The van der Waals surface area contributed by atoms with Crippen molar-refractivity contribution in [1.29, 1.82) is 0 Å². The first-order chi connectivity index (χ1) is 8.06. The smallest absolute Gasteiger partial charge is 0.222 e. The fourth-order valence-electron chi connectivity index (χ4n) is 1.39. The number of aryl methyl sites for hydroxylation is 1. The average molecular weight is 269 g/mol. The average Bonchev–Trinajstić information content (AvgIpc) is 2.23. The van der Waals surface area contributed by atoms with E-state index in [4.69, 9.17) is 28.9 Å². The molecule has 0 aliphatic carbocycles. The Kier molecular flexibility index (Phi) is 3.36. The van der Waals surface area contributed by atoms with Crippen LogP contribution in [0.2, 0.25) is 10.0 Å². The Morgan fingerprint density at radius 1 is 1.24 bits per heavy atom. The molecule has 6 heteroatoms. The summed E-state index contributed by atoms with van der Waals surface area (Å²) in [4.78, 5) is 8.04. The molecule has 0 saturated heterocycles. The molecule has 1 heterocycles. The minimum Gasteiger partial charge on any atom is -0.368 e. The van der Waals surface area contributed by atoms with Crippen LogP contribution >= 0.6 is 23.2 Å². The van der Waals surface area contributed by atoms with E-state index in [0.717, 1.165) is 5.69 Å². The number of nitrogens with one attached hydrogen (secondary N) is 1. The Morgan fingerprint density at radius 2 is 2.00 bits per heavy atom. The number of benzene rings is 1. The highest BCUT2D eigenvalue weighted by Crippen LogP contribution is 2.31. The van der Waals surface area contributed by atoms with E-state index in [-0.39, 0.29) is 5.95 Å². The van der Waals surface area contributed by atoms with Gasteiger partial charge in [-0.15, -0.1) is 0 Å². The quantitative estimate of drug-likeness (QED) is 0.876. The van der Waals surface area contributed by atoms with Gasteiger partial charge in [-0.05, 0) is 19.1 Å². The third-order valence-corrected chi connectivity index (χ3v) is 2.90. The number of nitrogen functional groups attached to an aromatic ring is 1. The van der Waals surface area contributed by atoms with Crippen molar-refractivity contribution < 1.29 is 0 Å². The molecule has 1 aromatic carbocycles. The minimum atomic E-state index is 0.214. The Balaban J connectivity index is 2.34. The second-order valence-corrected chi connectivity index (χ2v) is 4.26. The van der Waals surface area contributed by atoms with Crippen LogP contribution in [-0.2, 0) is 0 Å². The molecule has 0 saturated carbocycles. The van der Waals surface area contributed by atoms with Crippen LogP contribution in [0.4, 0.5) is 17.5 Å². The zero-order valence-corrected chi connectivity index (χ0v) is 10.5. The van der Waals surface area contributed by atoms with Gasteiger partial charge in [0.05, 0.1) is 15.7 Å². The molecule has 88 valence electrons. The lowest BCUT2D eigenvalue weighted by atomic mass is 10.3. The van der Waals surface area contributed by atoms with Gasteiger partial charge < -0.3 is 11.1 Å². The molecule has 4 nitrogen and oxygen atoms in total. The summed E-state index contributed by atoms with van der Waals surface area (Å²) < 4.78 is 0. The van der Waals surface area contributed by atoms with Crippen LogP contribution in [0.15, 0.2) is 24.3 Å². The topological polar surface area (TPSA) is 63.8 Å². The summed E-state index contributed by atoms with van der Waals surface area (Å²) in [6.07, 6.45) is 0. The fraction of sp³-hybridized carbons (Fsp3) is 0.0909. The van der Waals surface area contributed by atoms with Gasteiger partial charge in [-0.2, -0.15) is 4.98 Å². The van der Waals surface area contributed by atoms with Gasteiger partial charge in [-0.25, -0.2) is 4.98 Å². The highest BCUT2D eigenvalue weighted by Gasteiger charge is 2.06. The van der Waals surface area contributed by atoms with Crippen LogP contribution in [0, 0.1) is 6.92 Å². The van der Waals surface area contributed by atoms with Crippen molar-refractivity contribution >= 4 is 40.7 Å². The van der Waals surface area contributed by atoms with E-state index in [1.54, 1.807) is 18.2 Å². The Bertz CT molecular complexity index is 537. The predicted octanol–water partition coefficient (Wildman–Crippen LogP) is 3.42. The number of nitrogens with two attached hydrogens (primary N) is 1. The molecule has 0 atom stereocenters. The number of rotatable bonds is 2. The maximum absolute atomic E-state index is 6.05. The van der Waals surface area contributed by atoms with Crippen LogP contribution in [0.1, 0.15) is 5.69 Å². The second-order valence-electron chi connectivity index (χ2n) is 3.48. The summed E-state index contributed by atoms with van der Waals surface area (Å²) >= 11 is 12.0.